The number of ether oxygens (including phenoxy) is 1. The normalized spacial score (nSPS) is 26.9. The summed E-state index contributed by atoms with van der Waals surface area (Å²) in [6, 6.07) is 0. The molecule has 0 aromatic carbocycles. The lowest BCUT2D eigenvalue weighted by atomic mass is 10.1. The van der Waals surface area contributed by atoms with E-state index in [0.29, 0.717) is 0 Å². The maximum atomic E-state index is 13.8. The number of nitrogens with two attached hydrogens (primary N) is 1. The fourth-order valence-corrected chi connectivity index (χ4v) is 11.5. The van der Waals surface area contributed by atoms with Crippen LogP contribution < -0.4 is 5.73 Å². The highest BCUT2D eigenvalue weighted by Gasteiger charge is 2.83. The van der Waals surface area contributed by atoms with E-state index in [0.717, 1.165) is 6.33 Å². The Bertz CT molecular complexity index is 1420. The number of anilines is 1. The van der Waals surface area contributed by atoms with E-state index in [1.165, 1.54) is 4.57 Å². The number of nitrogen functional groups attached to an aromatic ring is 1. The summed E-state index contributed by atoms with van der Waals surface area (Å²) in [4.78, 5) is 23.9. The Balaban J connectivity index is 1.92. The Morgan fingerprint density at radius 2 is 1.69 bits per heavy atom. The molecule has 237 valence electrons. The van der Waals surface area contributed by atoms with E-state index in [-0.39, 0.29) is 33.3 Å². The highest BCUT2D eigenvalue weighted by molar-refractivity contribution is 7.87. The van der Waals surface area contributed by atoms with Gasteiger partial charge in [0.1, 0.15) is 23.3 Å². The van der Waals surface area contributed by atoms with Gasteiger partial charge in [-0.2, -0.15) is 31.6 Å². The topological polar surface area (TPSA) is 161 Å². The van der Waals surface area contributed by atoms with Crippen LogP contribution in [0.3, 0.4) is 0 Å². The van der Waals surface area contributed by atoms with E-state index in [9.17, 15) is 26.4 Å². The SMILES string of the molecule is CC(C)[Si](OC1[C@H]2O[C@@H](n3cnc4c(N)nc(Cl)nc43)[C@H](OS(=O)(=O)C(F)(F)F)[C@@]12O[Si](O)(C(C)C)C(C)C)C(C)C. The van der Waals surface area contributed by atoms with E-state index in [4.69, 9.17) is 35.1 Å². The summed E-state index contributed by atoms with van der Waals surface area (Å²) >= 11 is 5.99. The molecule has 0 amide bonds. The lowest BCUT2D eigenvalue weighted by Gasteiger charge is -2.39. The minimum absolute atomic E-state index is 0.0289. The number of rotatable bonds is 11. The molecular formula is C23H36ClF3N5O7SSi2. The molecule has 2 aromatic rings. The Kier molecular flexibility index (Phi) is 8.94. The molecule has 12 nitrogen and oxygen atoms in total. The molecule has 3 heterocycles. The Labute approximate surface area is 250 Å². The molecule has 2 aromatic heterocycles. The molecular weight excluding hydrogens is 639 g/mol. The molecule has 0 bridgehead atoms. The summed E-state index contributed by atoms with van der Waals surface area (Å²) < 4.78 is 91.7. The fraction of sp³-hybridized carbons (Fsp3) is 0.783. The van der Waals surface area contributed by atoms with Crippen LogP contribution >= 0.6 is 11.6 Å². The third kappa shape index (κ3) is 5.51. The first-order valence-corrected chi connectivity index (χ1v) is 18.8. The van der Waals surface area contributed by atoms with Gasteiger partial charge in [0.05, 0.1) is 6.33 Å². The van der Waals surface area contributed by atoms with Crippen LogP contribution in [0.1, 0.15) is 61.6 Å². The van der Waals surface area contributed by atoms with Crippen LogP contribution in [0.5, 0.6) is 0 Å². The summed E-state index contributed by atoms with van der Waals surface area (Å²) in [6.07, 6.45) is -4.47. The number of halogens is 4. The molecule has 1 aliphatic heterocycles. The maximum Gasteiger partial charge on any atom is 0.523 e. The fourth-order valence-electron chi connectivity index (χ4n) is 5.49. The van der Waals surface area contributed by atoms with E-state index in [2.05, 4.69) is 15.0 Å². The van der Waals surface area contributed by atoms with Gasteiger partial charge >= 0.3 is 24.2 Å². The molecule has 2 aliphatic rings. The van der Waals surface area contributed by atoms with Crippen LogP contribution in [-0.4, -0.2) is 79.8 Å². The van der Waals surface area contributed by atoms with Crippen molar-refractivity contribution in [1.29, 1.82) is 0 Å². The predicted molar refractivity (Wildman–Crippen MR) is 151 cm³/mol. The first-order valence-electron chi connectivity index (χ1n) is 13.4. The number of hydrogen-bond acceptors (Lipinski definition) is 11. The van der Waals surface area contributed by atoms with Crippen molar-refractivity contribution in [3.63, 3.8) is 0 Å². The zero-order valence-corrected chi connectivity index (χ0v) is 28.0. The molecule has 1 aliphatic carbocycles. The number of nitrogens with zero attached hydrogens (tertiary/aromatic N) is 4. The van der Waals surface area contributed by atoms with E-state index in [1.807, 2.05) is 27.7 Å². The second-order valence-corrected chi connectivity index (χ2v) is 21.1. The molecule has 19 heteroatoms. The van der Waals surface area contributed by atoms with Crippen LogP contribution in [-0.2, 0) is 27.9 Å². The second kappa shape index (κ2) is 11.2. The lowest BCUT2D eigenvalue weighted by molar-refractivity contribution is -0.0967. The van der Waals surface area contributed by atoms with Crippen molar-refractivity contribution in [3.8, 4) is 0 Å². The first-order chi connectivity index (χ1) is 19.2. The van der Waals surface area contributed by atoms with Crippen LogP contribution in [0.4, 0.5) is 19.0 Å². The van der Waals surface area contributed by atoms with Crippen LogP contribution in [0.2, 0.25) is 27.4 Å². The van der Waals surface area contributed by atoms with Gasteiger partial charge in [-0.3, -0.25) is 8.75 Å². The highest BCUT2D eigenvalue weighted by Crippen LogP contribution is 2.62. The monoisotopic (exact) mass is 674 g/mol. The Hall–Kier alpha value is -1.39. The maximum absolute atomic E-state index is 13.8. The summed E-state index contributed by atoms with van der Waals surface area (Å²) in [5.41, 5.74) is -2.44. The third-order valence-electron chi connectivity index (χ3n) is 7.65. The zero-order valence-electron chi connectivity index (χ0n) is 24.4. The summed E-state index contributed by atoms with van der Waals surface area (Å²) in [7, 11) is -11.6. The molecule has 1 radical (unpaired) electrons. The van der Waals surface area contributed by atoms with Crippen LogP contribution in [0, 0.1) is 0 Å². The van der Waals surface area contributed by atoms with Crippen molar-refractivity contribution in [2.45, 2.75) is 113 Å². The summed E-state index contributed by atoms with van der Waals surface area (Å²) in [6.45, 7) is 14.8. The van der Waals surface area contributed by atoms with Crippen molar-refractivity contribution < 1.29 is 44.2 Å². The van der Waals surface area contributed by atoms with Crippen molar-refractivity contribution >= 4 is 56.3 Å². The number of aromatic nitrogens is 4. The van der Waals surface area contributed by atoms with Gasteiger partial charge in [-0.25, -0.2) is 4.98 Å². The molecule has 3 N–H and O–H groups in total. The standard InChI is InChI=1S/C23H36ClF3N5O7SSi2/c1-10(2)41(11(3)4)38-16-15-22(16,39-42(35,12(5)6)13(7)8)17(37-40(33,34)23(25,26)27)20(36-15)32-9-29-14-18(28)30-21(24)31-19(14)32/h9-13,15-17,20,35H,1-8H3,(H2,28,30,31)/t15-,16?,17+,20-,22+/m1/s1. The molecule has 5 atom stereocenters. The van der Waals surface area contributed by atoms with Gasteiger partial charge in [0, 0.05) is 0 Å². The van der Waals surface area contributed by atoms with Gasteiger partial charge in [-0.1, -0.05) is 55.4 Å². The third-order valence-corrected chi connectivity index (χ3v) is 15.6. The molecule has 42 heavy (non-hydrogen) atoms. The average Bonchev–Trinajstić information content (AvgIpc) is 3.08. The van der Waals surface area contributed by atoms with Gasteiger partial charge < -0.3 is 24.1 Å². The van der Waals surface area contributed by atoms with Crippen LogP contribution in [0.15, 0.2) is 6.33 Å². The van der Waals surface area contributed by atoms with Gasteiger partial charge in [0.15, 0.2) is 23.8 Å². The Morgan fingerprint density at radius 3 is 2.19 bits per heavy atom. The predicted octanol–water partition coefficient (Wildman–Crippen LogP) is 4.41. The van der Waals surface area contributed by atoms with E-state index in [1.54, 1.807) is 27.7 Å². The molecule has 0 spiro atoms. The van der Waals surface area contributed by atoms with Crippen molar-refractivity contribution in [2.75, 3.05) is 5.73 Å². The first kappa shape index (κ1) is 33.5. The van der Waals surface area contributed by atoms with Crippen molar-refractivity contribution in [3.05, 3.63) is 11.6 Å². The number of hydrogen-bond donors (Lipinski definition) is 2. The summed E-state index contributed by atoms with van der Waals surface area (Å²) in [5, 5.41) is -0.278. The van der Waals surface area contributed by atoms with Gasteiger partial charge in [0.2, 0.25) is 14.3 Å². The van der Waals surface area contributed by atoms with Crippen molar-refractivity contribution in [2.24, 2.45) is 0 Å². The molecule has 1 saturated carbocycles. The van der Waals surface area contributed by atoms with E-state index < -0.39 is 74.5 Å². The minimum atomic E-state index is -6.19. The van der Waals surface area contributed by atoms with Gasteiger partial charge in [0.25, 0.3) is 0 Å². The average molecular weight is 675 g/mol. The highest BCUT2D eigenvalue weighted by atomic mass is 35.5. The largest absolute Gasteiger partial charge is 0.523 e. The van der Waals surface area contributed by atoms with E-state index >= 15 is 0 Å². The van der Waals surface area contributed by atoms with Crippen LogP contribution in [0.25, 0.3) is 11.2 Å². The molecule has 1 saturated heterocycles. The zero-order chi connectivity index (χ0) is 31.7. The molecule has 1 unspecified atom stereocenters. The summed E-state index contributed by atoms with van der Waals surface area (Å²) in [5.74, 6) is -0.109. The Morgan fingerprint density at radius 1 is 1.12 bits per heavy atom. The second-order valence-electron chi connectivity index (χ2n) is 11.8. The van der Waals surface area contributed by atoms with Crippen molar-refractivity contribution in [1.82, 2.24) is 19.5 Å². The number of imidazole rings is 1. The minimum Gasteiger partial charge on any atom is -0.410 e. The van der Waals surface area contributed by atoms with Gasteiger partial charge in [-0.15, -0.1) is 0 Å². The van der Waals surface area contributed by atoms with Gasteiger partial charge in [-0.05, 0) is 33.8 Å². The molecule has 4 rings (SSSR count). The molecule has 2 fully saturated rings. The number of fused-ring (bicyclic) bond motifs is 2. The lowest BCUT2D eigenvalue weighted by Crippen LogP contribution is -2.55. The quantitative estimate of drug-likeness (QED) is 0.150. The smallest absolute Gasteiger partial charge is 0.410 e. The number of alkyl halides is 3.